The summed E-state index contributed by atoms with van der Waals surface area (Å²) in [6.07, 6.45) is 0.847. The van der Waals surface area contributed by atoms with E-state index in [1.807, 2.05) is 7.05 Å². The van der Waals surface area contributed by atoms with E-state index < -0.39 is 0 Å². The Bertz CT molecular complexity index is 276. The number of hydrogen-bond donors (Lipinski definition) is 1. The van der Waals surface area contributed by atoms with Crippen molar-refractivity contribution in [3.63, 3.8) is 0 Å². The zero-order valence-electron chi connectivity index (χ0n) is 7.93. The summed E-state index contributed by atoms with van der Waals surface area (Å²) in [5, 5.41) is 3.03. The number of methoxy groups -OCH3 is 1. The first-order valence-electron chi connectivity index (χ1n) is 4.25. The van der Waals surface area contributed by atoms with E-state index in [2.05, 4.69) is 5.32 Å². The summed E-state index contributed by atoms with van der Waals surface area (Å²) in [5.74, 6) is 0.361. The molecule has 0 bridgehead atoms. The number of ether oxygens (including phenoxy) is 1. The van der Waals surface area contributed by atoms with Gasteiger partial charge in [0, 0.05) is 6.07 Å². The summed E-state index contributed by atoms with van der Waals surface area (Å²) in [4.78, 5) is 0. The maximum atomic E-state index is 12.8. The van der Waals surface area contributed by atoms with E-state index in [0.717, 1.165) is 18.5 Å². The molecule has 0 aliphatic rings. The predicted octanol–water partition coefficient (Wildman–Crippen LogP) is 1.60. The molecule has 0 atom stereocenters. The van der Waals surface area contributed by atoms with Gasteiger partial charge in [-0.1, -0.05) is 6.07 Å². The van der Waals surface area contributed by atoms with Crippen LogP contribution in [0.15, 0.2) is 18.2 Å². The molecule has 0 aromatic heterocycles. The standard InChI is InChI=1S/C10H14FNO/c1-12-6-5-8-3-4-9(11)7-10(8)13-2/h3-4,7,12H,5-6H2,1-2H3. The number of benzene rings is 1. The molecule has 72 valence electrons. The molecule has 0 aliphatic heterocycles. The second-order valence-corrected chi connectivity index (χ2v) is 2.81. The molecule has 0 unspecified atom stereocenters. The van der Waals surface area contributed by atoms with Crippen LogP contribution in [0.4, 0.5) is 4.39 Å². The first-order valence-corrected chi connectivity index (χ1v) is 4.25. The van der Waals surface area contributed by atoms with Gasteiger partial charge in [0.05, 0.1) is 7.11 Å². The van der Waals surface area contributed by atoms with Crippen molar-refractivity contribution < 1.29 is 9.13 Å². The van der Waals surface area contributed by atoms with Gasteiger partial charge in [0.1, 0.15) is 11.6 Å². The van der Waals surface area contributed by atoms with Gasteiger partial charge in [-0.05, 0) is 31.6 Å². The van der Waals surface area contributed by atoms with Crippen LogP contribution >= 0.6 is 0 Å². The Morgan fingerprint density at radius 2 is 2.23 bits per heavy atom. The fourth-order valence-electron chi connectivity index (χ4n) is 1.18. The average Bonchev–Trinajstić information content (AvgIpc) is 2.16. The molecule has 3 heteroatoms. The quantitative estimate of drug-likeness (QED) is 0.765. The van der Waals surface area contributed by atoms with E-state index in [1.165, 1.54) is 12.1 Å². The van der Waals surface area contributed by atoms with E-state index in [-0.39, 0.29) is 5.82 Å². The highest BCUT2D eigenvalue weighted by Gasteiger charge is 2.03. The maximum Gasteiger partial charge on any atom is 0.126 e. The molecule has 0 saturated carbocycles. The van der Waals surface area contributed by atoms with E-state index in [0.29, 0.717) is 5.75 Å². The van der Waals surface area contributed by atoms with Crippen LogP contribution in [-0.2, 0) is 6.42 Å². The lowest BCUT2D eigenvalue weighted by Gasteiger charge is -2.07. The Hall–Kier alpha value is -1.09. The van der Waals surface area contributed by atoms with Crippen molar-refractivity contribution in [1.82, 2.24) is 5.32 Å². The van der Waals surface area contributed by atoms with Crippen LogP contribution in [0, 0.1) is 5.82 Å². The van der Waals surface area contributed by atoms with Gasteiger partial charge in [0.2, 0.25) is 0 Å². The number of halogens is 1. The molecule has 0 aliphatic carbocycles. The molecular formula is C10H14FNO. The third-order valence-corrected chi connectivity index (χ3v) is 1.89. The zero-order valence-corrected chi connectivity index (χ0v) is 7.93. The summed E-state index contributed by atoms with van der Waals surface area (Å²) < 4.78 is 17.8. The molecular weight excluding hydrogens is 169 g/mol. The van der Waals surface area contributed by atoms with Crippen LogP contribution < -0.4 is 10.1 Å². The van der Waals surface area contributed by atoms with Crippen LogP contribution in [-0.4, -0.2) is 20.7 Å². The van der Waals surface area contributed by atoms with E-state index in [1.54, 1.807) is 13.2 Å². The second kappa shape index (κ2) is 4.82. The first-order chi connectivity index (χ1) is 6.27. The van der Waals surface area contributed by atoms with Crippen molar-refractivity contribution in [2.24, 2.45) is 0 Å². The molecule has 0 spiro atoms. The van der Waals surface area contributed by atoms with Crippen LogP contribution in [0.5, 0.6) is 5.75 Å². The van der Waals surface area contributed by atoms with Crippen molar-refractivity contribution in [2.45, 2.75) is 6.42 Å². The lowest BCUT2D eigenvalue weighted by molar-refractivity contribution is 0.406. The minimum Gasteiger partial charge on any atom is -0.496 e. The second-order valence-electron chi connectivity index (χ2n) is 2.81. The van der Waals surface area contributed by atoms with Crippen molar-refractivity contribution in [2.75, 3.05) is 20.7 Å². The summed E-state index contributed by atoms with van der Waals surface area (Å²) in [7, 11) is 3.44. The number of rotatable bonds is 4. The Morgan fingerprint density at radius 3 is 2.85 bits per heavy atom. The molecule has 1 aromatic carbocycles. The van der Waals surface area contributed by atoms with Crippen LogP contribution in [0.25, 0.3) is 0 Å². The first kappa shape index (κ1) is 9.99. The maximum absolute atomic E-state index is 12.8. The van der Waals surface area contributed by atoms with E-state index in [4.69, 9.17) is 4.74 Å². The van der Waals surface area contributed by atoms with Crippen molar-refractivity contribution >= 4 is 0 Å². The lowest BCUT2D eigenvalue weighted by atomic mass is 10.1. The van der Waals surface area contributed by atoms with Gasteiger partial charge >= 0.3 is 0 Å². The van der Waals surface area contributed by atoms with E-state index in [9.17, 15) is 4.39 Å². The normalized spacial score (nSPS) is 10.1. The molecule has 1 N–H and O–H groups in total. The van der Waals surface area contributed by atoms with Gasteiger partial charge < -0.3 is 10.1 Å². The number of nitrogens with one attached hydrogen (secondary N) is 1. The molecule has 2 nitrogen and oxygen atoms in total. The number of likely N-dealkylation sites (N-methyl/N-ethyl adjacent to an activating group) is 1. The van der Waals surface area contributed by atoms with Crippen LogP contribution in [0.2, 0.25) is 0 Å². The van der Waals surface area contributed by atoms with Gasteiger partial charge in [-0.15, -0.1) is 0 Å². The van der Waals surface area contributed by atoms with Gasteiger partial charge in [0.15, 0.2) is 0 Å². The topological polar surface area (TPSA) is 21.3 Å². The zero-order chi connectivity index (χ0) is 9.68. The molecule has 1 rings (SSSR count). The SMILES string of the molecule is CNCCc1ccc(F)cc1OC. The highest BCUT2D eigenvalue weighted by molar-refractivity contribution is 5.34. The third-order valence-electron chi connectivity index (χ3n) is 1.89. The van der Waals surface area contributed by atoms with Crippen LogP contribution in [0.3, 0.4) is 0 Å². The minimum absolute atomic E-state index is 0.259. The fraction of sp³-hybridized carbons (Fsp3) is 0.400. The molecule has 0 fully saturated rings. The summed E-state index contributed by atoms with van der Waals surface area (Å²) in [6.45, 7) is 0.863. The highest BCUT2D eigenvalue weighted by atomic mass is 19.1. The Labute approximate surface area is 77.7 Å². The van der Waals surface area contributed by atoms with Crippen molar-refractivity contribution in [3.8, 4) is 5.75 Å². The monoisotopic (exact) mass is 183 g/mol. The summed E-state index contributed by atoms with van der Waals surface area (Å²) in [5.41, 5.74) is 1.03. The fourth-order valence-corrected chi connectivity index (χ4v) is 1.18. The van der Waals surface area contributed by atoms with Crippen LogP contribution in [0.1, 0.15) is 5.56 Å². The van der Waals surface area contributed by atoms with Gasteiger partial charge in [-0.25, -0.2) is 4.39 Å². The number of hydrogen-bond acceptors (Lipinski definition) is 2. The largest absolute Gasteiger partial charge is 0.496 e. The molecule has 0 radical (unpaired) electrons. The van der Waals surface area contributed by atoms with Crippen molar-refractivity contribution in [1.29, 1.82) is 0 Å². The predicted molar refractivity (Wildman–Crippen MR) is 50.6 cm³/mol. The summed E-state index contributed by atoms with van der Waals surface area (Å²) in [6, 6.07) is 4.62. The average molecular weight is 183 g/mol. The summed E-state index contributed by atoms with van der Waals surface area (Å²) >= 11 is 0. The molecule has 0 heterocycles. The molecule has 0 saturated heterocycles. The van der Waals surface area contributed by atoms with Gasteiger partial charge in [-0.2, -0.15) is 0 Å². The Morgan fingerprint density at radius 1 is 1.46 bits per heavy atom. The van der Waals surface area contributed by atoms with E-state index >= 15 is 0 Å². The van der Waals surface area contributed by atoms with Crippen molar-refractivity contribution in [3.05, 3.63) is 29.6 Å². The van der Waals surface area contributed by atoms with Gasteiger partial charge in [0.25, 0.3) is 0 Å². The highest BCUT2D eigenvalue weighted by Crippen LogP contribution is 2.19. The molecule has 0 amide bonds. The third kappa shape index (κ3) is 2.70. The lowest BCUT2D eigenvalue weighted by Crippen LogP contribution is -2.10. The minimum atomic E-state index is -0.259. The Balaban J connectivity index is 2.79. The van der Waals surface area contributed by atoms with Gasteiger partial charge in [-0.3, -0.25) is 0 Å². The smallest absolute Gasteiger partial charge is 0.126 e. The molecule has 1 aromatic rings. The molecule has 13 heavy (non-hydrogen) atoms. The Kier molecular flexibility index (Phi) is 3.71.